The van der Waals surface area contributed by atoms with Crippen LogP contribution in [-0.4, -0.2) is 60.4 Å². The predicted octanol–water partition coefficient (Wildman–Crippen LogP) is 5.33. The van der Waals surface area contributed by atoms with Gasteiger partial charge in [0.25, 0.3) is 0 Å². The minimum atomic E-state index is -0.234. The van der Waals surface area contributed by atoms with E-state index in [1.807, 2.05) is 0 Å². The van der Waals surface area contributed by atoms with E-state index in [9.17, 15) is 4.79 Å². The number of carbonyl (C=O) groups is 1. The summed E-state index contributed by atoms with van der Waals surface area (Å²) in [5.74, 6) is 0.713. The van der Waals surface area contributed by atoms with Crippen LogP contribution in [0.3, 0.4) is 0 Å². The molecule has 0 spiro atoms. The van der Waals surface area contributed by atoms with Crippen LogP contribution in [0.25, 0.3) is 22.0 Å². The largest absolute Gasteiger partial charge is 0.469 e. The Morgan fingerprint density at radius 1 is 1.00 bits per heavy atom. The van der Waals surface area contributed by atoms with Gasteiger partial charge in [0, 0.05) is 43.8 Å². The molecule has 6 rings (SSSR count). The first kappa shape index (κ1) is 25.6. The second-order valence-corrected chi connectivity index (χ2v) is 10.7. The number of rotatable bonds is 6. The van der Waals surface area contributed by atoms with Crippen molar-refractivity contribution in [2.24, 2.45) is 0 Å². The van der Waals surface area contributed by atoms with Crippen molar-refractivity contribution in [3.63, 3.8) is 0 Å². The molecule has 7 nitrogen and oxygen atoms in total. The topological polar surface area (TPSA) is 59.8 Å². The van der Waals surface area contributed by atoms with Crippen LogP contribution >= 0.6 is 0 Å². The fraction of sp³-hybridized carbons (Fsp3) is 0.375. The molecule has 2 aromatic heterocycles. The van der Waals surface area contributed by atoms with Gasteiger partial charge in [-0.25, -0.2) is 4.98 Å². The number of nitrogens with zero attached hydrogens (tertiary/aromatic N) is 4. The maximum atomic E-state index is 12.7. The van der Waals surface area contributed by atoms with Crippen LogP contribution in [0.15, 0.2) is 48.5 Å². The van der Waals surface area contributed by atoms with Crippen molar-refractivity contribution in [1.29, 1.82) is 0 Å². The van der Waals surface area contributed by atoms with Gasteiger partial charge in [-0.1, -0.05) is 35.9 Å². The van der Waals surface area contributed by atoms with Gasteiger partial charge in [-0.3, -0.25) is 9.69 Å². The van der Waals surface area contributed by atoms with Gasteiger partial charge in [-0.15, -0.1) is 0 Å². The van der Waals surface area contributed by atoms with Gasteiger partial charge in [0.1, 0.15) is 5.82 Å². The average molecular weight is 525 g/mol. The standard InChI is InChI=1S/C32H36N4O3/c1-21-8-10-24(11-9-21)30-26(19-29(37)38-4)23(3)31-32-27(30)18-22(2)35(32)12-13-36(31)28-7-5-6-25(33-28)20-34-14-16-39-17-15-34/h5-11,18H,12-17,19-20H2,1-4H3. The van der Waals surface area contributed by atoms with Gasteiger partial charge >= 0.3 is 5.97 Å². The SMILES string of the molecule is COC(=O)Cc1c(C)c2c3c(cc(C)n3CCN2c2cccc(CN3CCOCC3)n2)c1-c1ccc(C)cc1. The van der Waals surface area contributed by atoms with Crippen LogP contribution in [0.4, 0.5) is 11.5 Å². The lowest BCUT2D eigenvalue weighted by Gasteiger charge is -2.34. The van der Waals surface area contributed by atoms with Gasteiger partial charge < -0.3 is 18.9 Å². The van der Waals surface area contributed by atoms with E-state index in [1.165, 1.54) is 29.3 Å². The zero-order valence-electron chi connectivity index (χ0n) is 23.3. The molecule has 0 radical (unpaired) electrons. The first-order chi connectivity index (χ1) is 18.9. The highest BCUT2D eigenvalue weighted by atomic mass is 16.5. The highest BCUT2D eigenvalue weighted by molar-refractivity contribution is 6.08. The second kappa shape index (κ2) is 10.5. The van der Waals surface area contributed by atoms with Crippen LogP contribution in [0, 0.1) is 20.8 Å². The number of ether oxygens (including phenoxy) is 2. The number of hydrogen-bond donors (Lipinski definition) is 0. The Morgan fingerprint density at radius 2 is 1.77 bits per heavy atom. The molecule has 202 valence electrons. The van der Waals surface area contributed by atoms with Crippen molar-refractivity contribution >= 4 is 28.4 Å². The molecule has 39 heavy (non-hydrogen) atoms. The molecule has 2 aliphatic heterocycles. The third-order valence-electron chi connectivity index (χ3n) is 8.17. The minimum absolute atomic E-state index is 0.219. The monoisotopic (exact) mass is 524 g/mol. The van der Waals surface area contributed by atoms with Crippen LogP contribution in [-0.2, 0) is 33.8 Å². The molecule has 0 unspecified atom stereocenters. The first-order valence-corrected chi connectivity index (χ1v) is 13.8. The molecule has 4 heterocycles. The van der Waals surface area contributed by atoms with Gasteiger partial charge in [-0.2, -0.15) is 0 Å². The summed E-state index contributed by atoms with van der Waals surface area (Å²) in [6.45, 7) is 12.3. The number of esters is 1. The van der Waals surface area contributed by atoms with Gasteiger partial charge in [0.05, 0.1) is 43.6 Å². The zero-order chi connectivity index (χ0) is 27.1. The van der Waals surface area contributed by atoms with E-state index in [0.29, 0.717) is 0 Å². The summed E-state index contributed by atoms with van der Waals surface area (Å²) < 4.78 is 13.1. The molecule has 2 aliphatic rings. The second-order valence-electron chi connectivity index (χ2n) is 10.7. The molecule has 0 bridgehead atoms. The number of methoxy groups -OCH3 is 1. The minimum Gasteiger partial charge on any atom is -0.469 e. The first-order valence-electron chi connectivity index (χ1n) is 13.8. The molecule has 0 atom stereocenters. The Morgan fingerprint density at radius 3 is 2.51 bits per heavy atom. The van der Waals surface area contributed by atoms with Crippen molar-refractivity contribution in [2.45, 2.75) is 40.3 Å². The number of anilines is 2. The lowest BCUT2D eigenvalue weighted by molar-refractivity contribution is -0.139. The number of aryl methyl sites for hydroxylation is 2. The molecule has 1 fully saturated rings. The summed E-state index contributed by atoms with van der Waals surface area (Å²) >= 11 is 0. The van der Waals surface area contributed by atoms with Crippen LogP contribution in [0.2, 0.25) is 0 Å². The summed E-state index contributed by atoms with van der Waals surface area (Å²) in [4.78, 5) is 22.6. The predicted molar refractivity (Wildman–Crippen MR) is 155 cm³/mol. The highest BCUT2D eigenvalue weighted by Gasteiger charge is 2.30. The van der Waals surface area contributed by atoms with E-state index in [-0.39, 0.29) is 12.4 Å². The van der Waals surface area contributed by atoms with E-state index < -0.39 is 0 Å². The third-order valence-corrected chi connectivity index (χ3v) is 8.17. The Hall–Kier alpha value is -3.68. The zero-order valence-corrected chi connectivity index (χ0v) is 23.3. The molecule has 2 aromatic carbocycles. The van der Waals surface area contributed by atoms with Crippen molar-refractivity contribution < 1.29 is 14.3 Å². The van der Waals surface area contributed by atoms with Crippen LogP contribution in [0.5, 0.6) is 0 Å². The number of morpholine rings is 1. The summed E-state index contributed by atoms with van der Waals surface area (Å²) in [7, 11) is 1.46. The normalized spacial score (nSPS) is 15.6. The Kier molecular flexibility index (Phi) is 6.87. The number of pyridine rings is 1. The average Bonchev–Trinajstić information content (AvgIpc) is 3.29. The molecular weight excluding hydrogens is 488 g/mol. The fourth-order valence-electron chi connectivity index (χ4n) is 6.13. The summed E-state index contributed by atoms with van der Waals surface area (Å²) in [6, 6.07) is 17.2. The summed E-state index contributed by atoms with van der Waals surface area (Å²) in [5, 5.41) is 1.17. The smallest absolute Gasteiger partial charge is 0.310 e. The molecule has 0 N–H and O–H groups in total. The highest BCUT2D eigenvalue weighted by Crippen LogP contribution is 2.46. The van der Waals surface area contributed by atoms with E-state index >= 15 is 0 Å². The molecular formula is C32H36N4O3. The number of carbonyl (C=O) groups excluding carboxylic acids is 1. The van der Waals surface area contributed by atoms with Gasteiger partial charge in [0.15, 0.2) is 0 Å². The van der Waals surface area contributed by atoms with E-state index in [2.05, 4.69) is 83.7 Å². The quantitative estimate of drug-likeness (QED) is 0.318. The molecule has 0 saturated carbocycles. The fourth-order valence-corrected chi connectivity index (χ4v) is 6.13. The molecule has 4 aromatic rings. The Balaban J connectivity index is 1.52. The van der Waals surface area contributed by atoms with Gasteiger partial charge in [0.2, 0.25) is 0 Å². The number of aromatic nitrogens is 2. The molecule has 0 amide bonds. The van der Waals surface area contributed by atoms with Crippen molar-refractivity contribution in [1.82, 2.24) is 14.5 Å². The molecule has 0 aliphatic carbocycles. The van der Waals surface area contributed by atoms with Crippen LogP contribution < -0.4 is 4.90 Å². The Labute approximate surface area is 230 Å². The summed E-state index contributed by atoms with van der Waals surface area (Å²) in [5.41, 5.74) is 10.2. The lowest BCUT2D eigenvalue weighted by atomic mass is 9.88. The van der Waals surface area contributed by atoms with Crippen LogP contribution in [0.1, 0.15) is 28.1 Å². The van der Waals surface area contributed by atoms with Crippen molar-refractivity contribution in [2.75, 3.05) is 44.9 Å². The Bertz CT molecular complexity index is 1530. The maximum absolute atomic E-state index is 12.7. The molecule has 1 saturated heterocycles. The number of hydrogen-bond acceptors (Lipinski definition) is 6. The maximum Gasteiger partial charge on any atom is 0.310 e. The van der Waals surface area contributed by atoms with Gasteiger partial charge in [-0.05, 0) is 61.2 Å². The molecule has 7 heteroatoms. The lowest BCUT2D eigenvalue weighted by Crippen LogP contribution is -2.36. The van der Waals surface area contributed by atoms with E-state index in [0.717, 1.165) is 85.4 Å². The number of benzene rings is 2. The van der Waals surface area contributed by atoms with Crippen molar-refractivity contribution in [3.05, 3.63) is 76.6 Å². The summed E-state index contributed by atoms with van der Waals surface area (Å²) in [6.07, 6.45) is 0.219. The van der Waals surface area contributed by atoms with E-state index in [1.54, 1.807) is 0 Å². The van der Waals surface area contributed by atoms with E-state index in [4.69, 9.17) is 14.5 Å². The third kappa shape index (κ3) is 4.70. The van der Waals surface area contributed by atoms with Crippen molar-refractivity contribution in [3.8, 4) is 11.1 Å².